The second-order valence-corrected chi connectivity index (χ2v) is 8.20. The zero-order valence-electron chi connectivity index (χ0n) is 12.5. The highest BCUT2D eigenvalue weighted by Gasteiger charge is 2.40. The maximum Gasteiger partial charge on any atom is 0.336 e. The van der Waals surface area contributed by atoms with Crippen LogP contribution in [0.25, 0.3) is 0 Å². The summed E-state index contributed by atoms with van der Waals surface area (Å²) in [5.41, 5.74) is 0.115. The van der Waals surface area contributed by atoms with Crippen molar-refractivity contribution in [3.63, 3.8) is 0 Å². The van der Waals surface area contributed by atoms with E-state index in [9.17, 15) is 13.2 Å². The lowest BCUT2D eigenvalue weighted by atomic mass is 9.83. The molecule has 1 atom stereocenters. The molecule has 1 aliphatic rings. The molecule has 22 heavy (non-hydrogen) atoms. The van der Waals surface area contributed by atoms with E-state index >= 15 is 0 Å². The van der Waals surface area contributed by atoms with Gasteiger partial charge >= 0.3 is 5.97 Å². The van der Waals surface area contributed by atoms with Crippen LogP contribution in [0.5, 0.6) is 0 Å². The van der Waals surface area contributed by atoms with Crippen LogP contribution >= 0.6 is 11.6 Å². The smallest absolute Gasteiger partial charge is 0.336 e. The molecular weight excluding hydrogens is 330 g/mol. The van der Waals surface area contributed by atoms with E-state index in [1.807, 2.05) is 13.8 Å². The predicted molar refractivity (Wildman–Crippen MR) is 81.9 cm³/mol. The molecule has 1 aliphatic heterocycles. The van der Waals surface area contributed by atoms with Crippen LogP contribution in [0.1, 0.15) is 29.8 Å². The molecule has 1 fully saturated rings. The minimum absolute atomic E-state index is 0.0837. The Morgan fingerprint density at radius 3 is 2.59 bits per heavy atom. The number of hydrogen-bond acceptors (Lipinski definition) is 4. The lowest BCUT2D eigenvalue weighted by molar-refractivity contribution is -0.162. The Balaban J connectivity index is 2.24. The van der Waals surface area contributed by atoms with Crippen molar-refractivity contribution in [2.24, 2.45) is 5.41 Å². The van der Waals surface area contributed by atoms with Crippen LogP contribution in [0.2, 0.25) is 5.02 Å². The number of benzene rings is 1. The molecule has 122 valence electrons. The minimum atomic E-state index is -3.85. The minimum Gasteiger partial charge on any atom is -0.478 e. The third-order valence-corrected chi connectivity index (χ3v) is 5.64. The molecule has 0 radical (unpaired) electrons. The lowest BCUT2D eigenvalue weighted by Gasteiger charge is -2.44. The van der Waals surface area contributed by atoms with Crippen LogP contribution in [-0.4, -0.2) is 38.7 Å². The summed E-state index contributed by atoms with van der Waals surface area (Å²) in [6.07, 6.45) is -0.206. The number of carbonyl (C=O) groups is 1. The number of sulfonamides is 1. The van der Waals surface area contributed by atoms with Gasteiger partial charge < -0.3 is 9.84 Å². The maximum atomic E-state index is 12.3. The Kier molecular flexibility index (Phi) is 4.54. The zero-order valence-corrected chi connectivity index (χ0v) is 14.1. The quantitative estimate of drug-likeness (QED) is 0.850. The van der Waals surface area contributed by atoms with Crippen LogP contribution in [0, 0.1) is 12.3 Å². The number of nitrogens with one attached hydrogen (secondary N) is 1. The van der Waals surface area contributed by atoms with Gasteiger partial charge in [-0.3, -0.25) is 0 Å². The van der Waals surface area contributed by atoms with Gasteiger partial charge in [0.1, 0.15) is 0 Å². The predicted octanol–water partition coefficient (Wildman–Crippen LogP) is 2.05. The molecular formula is C14H18ClNO5S. The van der Waals surface area contributed by atoms with E-state index in [4.69, 9.17) is 21.4 Å². The molecule has 0 bridgehead atoms. The Bertz CT molecular complexity index is 714. The van der Waals surface area contributed by atoms with E-state index in [0.29, 0.717) is 12.2 Å². The standard InChI is InChI=1S/C14H18ClNO5S/c1-8-10(13(17)18)4-9(5-11(8)15)22(19,20)16-6-12-14(2,3)7-21-12/h4-5,12,16H,6-7H2,1-3H3,(H,17,18). The van der Waals surface area contributed by atoms with E-state index in [-0.39, 0.29) is 33.5 Å². The van der Waals surface area contributed by atoms with Crippen molar-refractivity contribution in [2.45, 2.75) is 31.8 Å². The molecule has 8 heteroatoms. The first kappa shape index (κ1) is 17.2. The molecule has 0 spiro atoms. The fourth-order valence-corrected chi connectivity index (χ4v) is 3.54. The number of halogens is 1. The normalized spacial score (nSPS) is 20.5. The Morgan fingerprint density at radius 1 is 1.50 bits per heavy atom. The molecule has 2 N–H and O–H groups in total. The Morgan fingerprint density at radius 2 is 2.14 bits per heavy atom. The highest BCUT2D eigenvalue weighted by atomic mass is 35.5. The molecule has 1 unspecified atom stereocenters. The summed E-state index contributed by atoms with van der Waals surface area (Å²) < 4.78 is 32.4. The summed E-state index contributed by atoms with van der Waals surface area (Å²) in [5.74, 6) is -1.22. The summed E-state index contributed by atoms with van der Waals surface area (Å²) in [4.78, 5) is 11.0. The van der Waals surface area contributed by atoms with Gasteiger partial charge in [0.2, 0.25) is 10.0 Å². The molecule has 0 amide bonds. The molecule has 1 aromatic rings. The average molecular weight is 348 g/mol. The van der Waals surface area contributed by atoms with Crippen LogP contribution < -0.4 is 4.72 Å². The molecule has 1 saturated heterocycles. The summed E-state index contributed by atoms with van der Waals surface area (Å²) in [5, 5.41) is 9.22. The number of hydrogen-bond donors (Lipinski definition) is 2. The summed E-state index contributed by atoms with van der Waals surface area (Å²) in [7, 11) is -3.85. The molecule has 2 rings (SSSR count). The van der Waals surface area contributed by atoms with E-state index < -0.39 is 16.0 Å². The summed E-state index contributed by atoms with van der Waals surface area (Å²) in [6, 6.07) is 2.36. The number of aromatic carboxylic acids is 1. The fourth-order valence-electron chi connectivity index (χ4n) is 2.17. The van der Waals surface area contributed by atoms with Crippen molar-refractivity contribution in [1.82, 2.24) is 4.72 Å². The monoisotopic (exact) mass is 347 g/mol. The topological polar surface area (TPSA) is 92.7 Å². The van der Waals surface area contributed by atoms with Crippen LogP contribution in [0.15, 0.2) is 17.0 Å². The lowest BCUT2D eigenvalue weighted by Crippen LogP contribution is -2.53. The largest absolute Gasteiger partial charge is 0.478 e. The second kappa shape index (κ2) is 5.81. The van der Waals surface area contributed by atoms with Gasteiger partial charge in [-0.1, -0.05) is 25.4 Å². The number of rotatable bonds is 5. The van der Waals surface area contributed by atoms with Gasteiger partial charge in [0.15, 0.2) is 0 Å². The van der Waals surface area contributed by atoms with E-state index in [1.54, 1.807) is 0 Å². The molecule has 6 nitrogen and oxygen atoms in total. The van der Waals surface area contributed by atoms with E-state index in [0.717, 1.165) is 6.07 Å². The fraction of sp³-hybridized carbons (Fsp3) is 0.500. The SMILES string of the molecule is Cc1c(Cl)cc(S(=O)(=O)NCC2OCC2(C)C)cc1C(=O)O. The zero-order chi connectivity index (χ0) is 16.7. The van der Waals surface area contributed by atoms with Gasteiger partial charge in [-0.2, -0.15) is 0 Å². The molecule has 0 saturated carbocycles. The third-order valence-electron chi connectivity index (χ3n) is 3.85. The molecule has 0 aromatic heterocycles. The number of carboxylic acid groups (broad SMARTS) is 1. The van der Waals surface area contributed by atoms with Gasteiger partial charge in [-0.25, -0.2) is 17.9 Å². The Hall–Kier alpha value is -1.15. The third kappa shape index (κ3) is 3.27. The molecule has 1 heterocycles. The van der Waals surface area contributed by atoms with Crippen LogP contribution in [0.3, 0.4) is 0 Å². The Labute approximate surface area is 134 Å². The van der Waals surface area contributed by atoms with Crippen LogP contribution in [0.4, 0.5) is 0 Å². The first-order chi connectivity index (χ1) is 10.0. The van der Waals surface area contributed by atoms with Crippen molar-refractivity contribution in [3.05, 3.63) is 28.3 Å². The van der Waals surface area contributed by atoms with Crippen LogP contribution in [-0.2, 0) is 14.8 Å². The van der Waals surface area contributed by atoms with Gasteiger partial charge in [0, 0.05) is 17.0 Å². The average Bonchev–Trinajstić information content (AvgIpc) is 2.40. The number of carboxylic acids is 1. The van der Waals surface area contributed by atoms with Gasteiger partial charge in [-0.15, -0.1) is 0 Å². The van der Waals surface area contributed by atoms with Crippen molar-refractivity contribution in [3.8, 4) is 0 Å². The first-order valence-corrected chi connectivity index (χ1v) is 8.55. The first-order valence-electron chi connectivity index (χ1n) is 6.69. The molecule has 1 aromatic carbocycles. The maximum absolute atomic E-state index is 12.3. The van der Waals surface area contributed by atoms with Crippen molar-refractivity contribution >= 4 is 27.6 Å². The van der Waals surface area contributed by atoms with Gasteiger partial charge in [0.25, 0.3) is 0 Å². The van der Waals surface area contributed by atoms with Crippen molar-refractivity contribution in [2.75, 3.05) is 13.2 Å². The van der Waals surface area contributed by atoms with Crippen molar-refractivity contribution in [1.29, 1.82) is 0 Å². The second-order valence-electron chi connectivity index (χ2n) is 6.02. The summed E-state index contributed by atoms with van der Waals surface area (Å²) >= 11 is 5.94. The summed E-state index contributed by atoms with van der Waals surface area (Å²) in [6.45, 7) is 6.21. The number of ether oxygens (including phenoxy) is 1. The van der Waals surface area contributed by atoms with Gasteiger partial charge in [-0.05, 0) is 24.6 Å². The van der Waals surface area contributed by atoms with Crippen molar-refractivity contribution < 1.29 is 23.1 Å². The van der Waals surface area contributed by atoms with E-state index in [1.165, 1.54) is 13.0 Å². The highest BCUT2D eigenvalue weighted by Crippen LogP contribution is 2.33. The van der Waals surface area contributed by atoms with E-state index in [2.05, 4.69) is 4.72 Å². The highest BCUT2D eigenvalue weighted by molar-refractivity contribution is 7.89. The van der Waals surface area contributed by atoms with Gasteiger partial charge in [0.05, 0.1) is 23.2 Å². The molecule has 0 aliphatic carbocycles.